The van der Waals surface area contributed by atoms with Crippen molar-refractivity contribution in [3.05, 3.63) is 71.4 Å². The Kier molecular flexibility index (Phi) is 7.01. The van der Waals surface area contributed by atoms with E-state index in [4.69, 9.17) is 19.8 Å². The number of carboxylic acids is 2. The summed E-state index contributed by atoms with van der Waals surface area (Å²) >= 11 is 0. The zero-order valence-electron chi connectivity index (χ0n) is 14.2. The van der Waals surface area contributed by atoms with Crippen molar-refractivity contribution in [3.63, 3.8) is 0 Å². The largest absolute Gasteiger partial charge is 0.473 e. The van der Waals surface area contributed by atoms with Crippen LogP contribution in [0.15, 0.2) is 48.7 Å². The number of hydrogen-bond acceptors (Lipinski definition) is 3. The lowest BCUT2D eigenvalue weighted by atomic mass is 10.1. The van der Waals surface area contributed by atoms with Crippen LogP contribution in [-0.4, -0.2) is 33.7 Å². The van der Waals surface area contributed by atoms with E-state index in [2.05, 4.69) is 16.4 Å². The molecule has 1 aromatic heterocycles. The number of rotatable bonds is 5. The van der Waals surface area contributed by atoms with Gasteiger partial charge in [-0.25, -0.2) is 18.4 Å². The molecule has 0 amide bonds. The fraction of sp³-hybridized carbons (Fsp3) is 0.158. The van der Waals surface area contributed by atoms with Crippen LogP contribution in [0.1, 0.15) is 11.1 Å². The first-order chi connectivity index (χ1) is 12.9. The molecule has 0 aliphatic heterocycles. The molecular formula is C19H18F2N2O4. The monoisotopic (exact) mass is 376 g/mol. The third kappa shape index (κ3) is 5.61. The number of fused-ring (bicyclic) bond motifs is 1. The average Bonchev–Trinajstić information content (AvgIpc) is 3.04. The standard InChI is InChI=1S/C17H16F2N2.C2H2O4/c18-15-5-3-6-16(19)14(15)11-20-9-8-12-10-21-17-7-2-1-4-13(12)17;3-1(4)2(5)6/h1-7,10,20-21H,8-9,11H2;(H,3,4)(H,5,6). The number of hydrogen-bond donors (Lipinski definition) is 4. The molecule has 0 aliphatic carbocycles. The summed E-state index contributed by atoms with van der Waals surface area (Å²) in [5, 5.41) is 19.1. The van der Waals surface area contributed by atoms with Gasteiger partial charge in [0.15, 0.2) is 0 Å². The lowest BCUT2D eigenvalue weighted by Crippen LogP contribution is -2.18. The number of H-pyrrole nitrogens is 1. The average molecular weight is 376 g/mol. The Bertz CT molecular complexity index is 908. The van der Waals surface area contributed by atoms with Crippen LogP contribution in [0.3, 0.4) is 0 Å². The van der Waals surface area contributed by atoms with Crippen molar-refractivity contribution in [1.29, 1.82) is 0 Å². The van der Waals surface area contributed by atoms with Crippen LogP contribution in [0.4, 0.5) is 8.78 Å². The molecule has 0 fully saturated rings. The minimum absolute atomic E-state index is 0.0939. The second-order valence-electron chi connectivity index (χ2n) is 5.60. The zero-order chi connectivity index (χ0) is 19.8. The maximum Gasteiger partial charge on any atom is 0.414 e. The number of carbonyl (C=O) groups is 2. The summed E-state index contributed by atoms with van der Waals surface area (Å²) in [7, 11) is 0. The van der Waals surface area contributed by atoms with Crippen molar-refractivity contribution < 1.29 is 28.6 Å². The quantitative estimate of drug-likeness (QED) is 0.405. The molecule has 0 spiro atoms. The lowest BCUT2D eigenvalue weighted by Gasteiger charge is -2.07. The van der Waals surface area contributed by atoms with Gasteiger partial charge in [0.2, 0.25) is 0 Å². The van der Waals surface area contributed by atoms with E-state index < -0.39 is 23.6 Å². The van der Waals surface area contributed by atoms with Crippen molar-refractivity contribution >= 4 is 22.8 Å². The molecule has 4 N–H and O–H groups in total. The van der Waals surface area contributed by atoms with Crippen LogP contribution >= 0.6 is 0 Å². The molecule has 3 rings (SSSR count). The van der Waals surface area contributed by atoms with Gasteiger partial charge in [-0.05, 0) is 36.7 Å². The predicted octanol–water partition coefficient (Wildman–Crippen LogP) is 2.93. The van der Waals surface area contributed by atoms with Crippen LogP contribution in [0.2, 0.25) is 0 Å². The summed E-state index contributed by atoms with van der Waals surface area (Å²) in [4.78, 5) is 21.4. The molecule has 0 radical (unpaired) electrons. The number of carboxylic acid groups (broad SMARTS) is 2. The molecule has 0 bridgehead atoms. The maximum atomic E-state index is 13.5. The highest BCUT2D eigenvalue weighted by molar-refractivity contribution is 6.27. The van der Waals surface area contributed by atoms with Gasteiger partial charge in [0.05, 0.1) is 0 Å². The number of halogens is 2. The predicted molar refractivity (Wildman–Crippen MR) is 95.3 cm³/mol. The second kappa shape index (κ2) is 9.44. The van der Waals surface area contributed by atoms with Crippen LogP contribution in [0.25, 0.3) is 10.9 Å². The highest BCUT2D eigenvalue weighted by Crippen LogP contribution is 2.18. The summed E-state index contributed by atoms with van der Waals surface area (Å²) < 4.78 is 26.9. The summed E-state index contributed by atoms with van der Waals surface area (Å²) in [6.07, 6.45) is 2.79. The minimum Gasteiger partial charge on any atom is -0.473 e. The van der Waals surface area contributed by atoms with Gasteiger partial charge in [-0.1, -0.05) is 24.3 Å². The third-order valence-corrected chi connectivity index (χ3v) is 3.79. The van der Waals surface area contributed by atoms with Gasteiger partial charge in [-0.2, -0.15) is 0 Å². The first-order valence-corrected chi connectivity index (χ1v) is 8.05. The Balaban J connectivity index is 0.000000380. The fourth-order valence-corrected chi connectivity index (χ4v) is 2.48. The van der Waals surface area contributed by atoms with Gasteiger partial charge in [-0.15, -0.1) is 0 Å². The number of para-hydroxylation sites is 1. The van der Waals surface area contributed by atoms with Crippen molar-refractivity contribution in [2.24, 2.45) is 0 Å². The van der Waals surface area contributed by atoms with Gasteiger partial charge in [0, 0.05) is 29.2 Å². The lowest BCUT2D eigenvalue weighted by molar-refractivity contribution is -0.159. The van der Waals surface area contributed by atoms with E-state index >= 15 is 0 Å². The van der Waals surface area contributed by atoms with Crippen molar-refractivity contribution in [3.8, 4) is 0 Å². The van der Waals surface area contributed by atoms with Crippen molar-refractivity contribution in [1.82, 2.24) is 10.3 Å². The van der Waals surface area contributed by atoms with Gasteiger partial charge in [0.1, 0.15) is 11.6 Å². The van der Waals surface area contributed by atoms with Gasteiger partial charge >= 0.3 is 11.9 Å². The number of aromatic amines is 1. The van der Waals surface area contributed by atoms with Gasteiger partial charge in [-0.3, -0.25) is 0 Å². The Morgan fingerprint density at radius 3 is 2.22 bits per heavy atom. The first kappa shape index (κ1) is 20.1. The highest BCUT2D eigenvalue weighted by Gasteiger charge is 2.08. The van der Waals surface area contributed by atoms with Crippen LogP contribution in [0, 0.1) is 11.6 Å². The molecule has 0 aliphatic rings. The van der Waals surface area contributed by atoms with E-state index in [0.717, 1.165) is 11.9 Å². The molecule has 8 heteroatoms. The highest BCUT2D eigenvalue weighted by atomic mass is 19.1. The molecule has 3 aromatic rings. The molecule has 0 atom stereocenters. The Morgan fingerprint density at radius 1 is 0.963 bits per heavy atom. The molecule has 1 heterocycles. The van der Waals surface area contributed by atoms with Crippen molar-refractivity contribution in [2.45, 2.75) is 13.0 Å². The number of aromatic nitrogens is 1. The van der Waals surface area contributed by atoms with Crippen LogP contribution < -0.4 is 5.32 Å². The topological polar surface area (TPSA) is 102 Å². The third-order valence-electron chi connectivity index (χ3n) is 3.79. The maximum absolute atomic E-state index is 13.5. The molecule has 27 heavy (non-hydrogen) atoms. The van der Waals surface area contributed by atoms with E-state index in [9.17, 15) is 8.78 Å². The number of benzene rings is 2. The SMILES string of the molecule is Fc1cccc(F)c1CNCCc1c[nH]c2ccccc12.O=C(O)C(=O)O. The molecular weight excluding hydrogens is 358 g/mol. The van der Waals surface area contributed by atoms with E-state index in [1.165, 1.54) is 29.1 Å². The summed E-state index contributed by atoms with van der Waals surface area (Å²) in [5.74, 6) is -4.66. The molecule has 6 nitrogen and oxygen atoms in total. The van der Waals surface area contributed by atoms with E-state index in [1.807, 2.05) is 24.4 Å². The Morgan fingerprint density at radius 2 is 1.59 bits per heavy atom. The molecule has 0 saturated heterocycles. The second-order valence-corrected chi connectivity index (χ2v) is 5.60. The van der Waals surface area contributed by atoms with Crippen molar-refractivity contribution in [2.75, 3.05) is 6.54 Å². The minimum atomic E-state index is -1.82. The van der Waals surface area contributed by atoms with E-state index in [0.29, 0.717) is 6.54 Å². The number of nitrogens with one attached hydrogen (secondary N) is 2. The summed E-state index contributed by atoms with van der Waals surface area (Å²) in [6, 6.07) is 12.0. The Labute approximate surface area is 153 Å². The molecule has 142 valence electrons. The molecule has 0 saturated carbocycles. The van der Waals surface area contributed by atoms with E-state index in [-0.39, 0.29) is 12.1 Å². The van der Waals surface area contributed by atoms with Crippen LogP contribution in [0.5, 0.6) is 0 Å². The summed E-state index contributed by atoms with van der Waals surface area (Å²) in [6.45, 7) is 0.858. The van der Waals surface area contributed by atoms with E-state index in [1.54, 1.807) is 0 Å². The number of aliphatic carboxylic acids is 2. The Hall–Kier alpha value is -3.26. The molecule has 0 unspecified atom stereocenters. The zero-order valence-corrected chi connectivity index (χ0v) is 14.2. The van der Waals surface area contributed by atoms with Gasteiger partial charge in [0.25, 0.3) is 0 Å². The van der Waals surface area contributed by atoms with Gasteiger partial charge < -0.3 is 20.5 Å². The van der Waals surface area contributed by atoms with Crippen LogP contribution in [-0.2, 0) is 22.6 Å². The normalized spacial score (nSPS) is 10.3. The first-order valence-electron chi connectivity index (χ1n) is 8.05. The smallest absolute Gasteiger partial charge is 0.414 e. The molecule has 2 aromatic carbocycles. The summed E-state index contributed by atoms with van der Waals surface area (Å²) in [5.41, 5.74) is 2.40. The fourth-order valence-electron chi connectivity index (χ4n) is 2.48.